The number of carbonyl (C=O) groups excluding carboxylic acids is 2. The van der Waals surface area contributed by atoms with Crippen LogP contribution in [0.25, 0.3) is 22.4 Å². The van der Waals surface area contributed by atoms with E-state index < -0.39 is 48.7 Å². The summed E-state index contributed by atoms with van der Waals surface area (Å²) >= 11 is 0. The summed E-state index contributed by atoms with van der Waals surface area (Å²) in [6.45, 7) is -1.36. The first-order valence-corrected chi connectivity index (χ1v) is 23.6. The molecule has 8 atom stereocenters. The third-order valence-corrected chi connectivity index (χ3v) is 15.5. The van der Waals surface area contributed by atoms with Crippen LogP contribution in [-0.4, -0.2) is 118 Å². The Balaban J connectivity index is 1.13. The summed E-state index contributed by atoms with van der Waals surface area (Å²) in [7, 11) is 1.56. The van der Waals surface area contributed by atoms with Crippen molar-refractivity contribution in [2.75, 3.05) is 33.5 Å². The number of ketones is 1. The van der Waals surface area contributed by atoms with Crippen molar-refractivity contribution in [3.8, 4) is 29.3 Å². The Morgan fingerprint density at radius 1 is 1.07 bits per heavy atom. The van der Waals surface area contributed by atoms with Crippen LogP contribution in [0.1, 0.15) is 98.5 Å². The van der Waals surface area contributed by atoms with Gasteiger partial charge in [0.2, 0.25) is 6.29 Å². The zero-order valence-electron chi connectivity index (χ0n) is 37.5. The number of nitrogens with zero attached hydrogens (tertiary/aromatic N) is 2. The van der Waals surface area contributed by atoms with Crippen LogP contribution in [0.3, 0.4) is 0 Å². The number of benzene rings is 3. The smallest absolute Gasteiger partial charge is 0.254 e. The van der Waals surface area contributed by atoms with Crippen LogP contribution in [0.4, 0.5) is 0 Å². The van der Waals surface area contributed by atoms with Gasteiger partial charge in [-0.2, -0.15) is 4.99 Å². The molecule has 3 aromatic carbocycles. The van der Waals surface area contributed by atoms with Crippen molar-refractivity contribution in [1.82, 2.24) is 4.90 Å². The number of methoxy groups -OCH3 is 1. The Morgan fingerprint density at radius 3 is 2.79 bits per heavy atom. The second kappa shape index (κ2) is 16.5. The van der Waals surface area contributed by atoms with Gasteiger partial charge in [-0.25, -0.2) is 0 Å². The number of carbonyl (C=O) groups is 2. The average molecular weight is 920 g/mol. The molecule has 12 rings (SSSR count). The molecule has 9 aliphatic rings. The fraction of sp³-hybridized carbons (Fsp3) is 0.407. The maximum atomic E-state index is 15.3. The number of aliphatic imine (C=N–C) groups is 1. The Bertz CT molecular complexity index is 2990. The number of Topliss-reactive ketones (excluding diaryl/α,β-unsaturated/α-hetero) is 1. The van der Waals surface area contributed by atoms with Crippen LogP contribution >= 0.6 is 0 Å². The Labute approximate surface area is 392 Å². The third-order valence-electron chi connectivity index (χ3n) is 15.5. The number of allylic oxidation sites excluding steroid dienone is 6. The number of phenolic OH excluding ortho intramolecular Hbond substituents is 1. The fourth-order valence-electron chi connectivity index (χ4n) is 12.2. The molecule has 14 nitrogen and oxygen atoms in total. The van der Waals surface area contributed by atoms with E-state index in [2.05, 4.69) is 18.1 Å². The lowest BCUT2D eigenvalue weighted by atomic mass is 9.69. The van der Waals surface area contributed by atoms with Gasteiger partial charge in [0.15, 0.2) is 23.2 Å². The van der Waals surface area contributed by atoms with E-state index in [0.717, 1.165) is 69.5 Å². The first-order valence-electron chi connectivity index (χ1n) is 23.6. The van der Waals surface area contributed by atoms with Crippen molar-refractivity contribution in [3.05, 3.63) is 116 Å². The lowest BCUT2D eigenvalue weighted by molar-refractivity contribution is -0.327. The van der Waals surface area contributed by atoms with Crippen LogP contribution in [0.2, 0.25) is 0 Å². The fourth-order valence-corrected chi connectivity index (χ4v) is 12.2. The number of ether oxygens (including phenoxy) is 5. The third kappa shape index (κ3) is 6.47. The topological polar surface area (TPSA) is 197 Å². The summed E-state index contributed by atoms with van der Waals surface area (Å²) in [5.41, 5.74) is 6.62. The predicted octanol–water partition coefficient (Wildman–Crippen LogP) is 5.30. The summed E-state index contributed by atoms with van der Waals surface area (Å²) in [5, 5.41) is 59.6. The van der Waals surface area contributed by atoms with Crippen LogP contribution in [0.5, 0.6) is 17.2 Å². The van der Waals surface area contributed by atoms with E-state index in [1.54, 1.807) is 31.5 Å². The molecule has 5 heterocycles. The minimum Gasteiger partial charge on any atom is -0.506 e. The number of aliphatic hydroxyl groups excluding tert-OH is 3. The zero-order valence-corrected chi connectivity index (χ0v) is 37.5. The van der Waals surface area contributed by atoms with Gasteiger partial charge in [-0.3, -0.25) is 9.59 Å². The molecular weight excluding hydrogens is 869 g/mol. The number of amides is 1. The predicted molar refractivity (Wildman–Crippen MR) is 249 cm³/mol. The molecule has 8 unspecified atom stereocenters. The van der Waals surface area contributed by atoms with Crippen molar-refractivity contribution >= 4 is 40.3 Å². The average Bonchev–Trinajstić information content (AvgIpc) is 4.07. The molecule has 4 aliphatic carbocycles. The van der Waals surface area contributed by atoms with E-state index in [0.29, 0.717) is 53.5 Å². The molecule has 3 aromatic rings. The highest BCUT2D eigenvalue weighted by molar-refractivity contribution is 6.17. The van der Waals surface area contributed by atoms with Crippen molar-refractivity contribution in [1.29, 1.82) is 0 Å². The minimum atomic E-state index is -2.47. The highest BCUT2D eigenvalue weighted by Crippen LogP contribution is 2.60. The highest BCUT2D eigenvalue weighted by Gasteiger charge is 2.59. The van der Waals surface area contributed by atoms with Crippen molar-refractivity contribution in [2.45, 2.75) is 100 Å². The Kier molecular flexibility index (Phi) is 10.5. The van der Waals surface area contributed by atoms with Gasteiger partial charge >= 0.3 is 0 Å². The number of aromatic hydroxyl groups is 1. The van der Waals surface area contributed by atoms with Gasteiger partial charge in [-0.05, 0) is 96.4 Å². The lowest BCUT2D eigenvalue weighted by Gasteiger charge is -2.47. The molecule has 0 radical (unpaired) electrons. The molecule has 1 saturated carbocycles. The molecule has 8 bridgehead atoms. The van der Waals surface area contributed by atoms with Gasteiger partial charge in [-0.15, -0.1) is 0 Å². The van der Waals surface area contributed by atoms with E-state index in [4.69, 9.17) is 28.7 Å². The summed E-state index contributed by atoms with van der Waals surface area (Å²) in [5.74, 6) is 2.45. The van der Waals surface area contributed by atoms with Gasteiger partial charge in [0, 0.05) is 60.2 Å². The number of fused-ring (bicyclic) bond motifs is 8. The van der Waals surface area contributed by atoms with Gasteiger partial charge in [0.05, 0.1) is 55.2 Å². The summed E-state index contributed by atoms with van der Waals surface area (Å²) in [6.07, 6.45) is 14.4. The van der Waals surface area contributed by atoms with Crippen LogP contribution in [0.15, 0.2) is 69.9 Å². The molecule has 0 spiro atoms. The largest absolute Gasteiger partial charge is 0.506 e. The summed E-state index contributed by atoms with van der Waals surface area (Å²) in [6, 6.07) is 5.35. The molecule has 1 amide bonds. The molecule has 348 valence electrons. The Morgan fingerprint density at radius 2 is 1.96 bits per heavy atom. The number of hydrogen-bond acceptors (Lipinski definition) is 13. The summed E-state index contributed by atoms with van der Waals surface area (Å²) in [4.78, 5) is 35.7. The van der Waals surface area contributed by atoms with E-state index >= 15 is 4.79 Å². The lowest BCUT2D eigenvalue weighted by Crippen LogP contribution is -2.70. The molecule has 14 heteroatoms. The van der Waals surface area contributed by atoms with E-state index in [1.165, 1.54) is 4.90 Å². The number of hydrogen-bond donors (Lipinski definition) is 5. The van der Waals surface area contributed by atoms with E-state index in [1.807, 2.05) is 30.7 Å². The van der Waals surface area contributed by atoms with Gasteiger partial charge in [0.25, 0.3) is 5.91 Å². The summed E-state index contributed by atoms with van der Waals surface area (Å²) < 4.78 is 32.6. The van der Waals surface area contributed by atoms with Crippen molar-refractivity contribution in [3.63, 3.8) is 0 Å². The molecule has 5 aliphatic heterocycles. The maximum Gasteiger partial charge on any atom is 0.254 e. The van der Waals surface area contributed by atoms with Crippen LogP contribution in [-0.2, 0) is 33.6 Å². The first-order chi connectivity index (χ1) is 33.1. The number of aliphatic hydroxyl groups is 4. The second-order valence-corrected chi connectivity index (χ2v) is 19.2. The zero-order chi connectivity index (χ0) is 46.6. The van der Waals surface area contributed by atoms with Gasteiger partial charge < -0.3 is 54.1 Å². The SMILES string of the molecule is COc1c2c3c4c(O)c(c5c6c4c1CCC6=CC1CCCC51)C(=O)CN1Cc4c(cccc4C1=O)CC#COC1C(O)C(COC(C4=C5[CH+]C(CCCO)=CC=C5N=C4)C=C2)OC(O3)C1(O)CO. The molecule has 1 saturated heterocycles. The number of phenols is 1. The number of rotatable bonds is 6. The molecule has 68 heavy (non-hydrogen) atoms. The minimum absolute atomic E-state index is 0.00862. The quantitative estimate of drug-likeness (QED) is 0.158. The van der Waals surface area contributed by atoms with Crippen LogP contribution < -0.4 is 9.47 Å². The second-order valence-electron chi connectivity index (χ2n) is 19.2. The molecular formula is C54H51N2O12+. The highest BCUT2D eigenvalue weighted by atomic mass is 16.7. The monoisotopic (exact) mass is 919 g/mol. The van der Waals surface area contributed by atoms with Gasteiger partial charge in [-0.1, -0.05) is 30.6 Å². The van der Waals surface area contributed by atoms with Crippen molar-refractivity contribution in [2.24, 2.45) is 10.9 Å². The van der Waals surface area contributed by atoms with Gasteiger partial charge in [0.1, 0.15) is 47.2 Å². The molecule has 2 fully saturated rings. The molecule has 0 aromatic heterocycles. The normalized spacial score (nSPS) is 29.6. The number of aryl methyl sites for hydroxylation is 1. The standard InChI is InChI=1S/C54H50N2O12/c1-64-49-33-14-13-30-21-29-8-3-10-31(29)43-42(30)44(33)46-48(61)45(43)39(59)24-56-23-37-28(7-2-11-32(37)52(56)62)9-5-19-65-51-47(60)41-25-66-40(17-15-34(49)50(46)68-53(67-41)54(51,63)26-58)36-22-55-38-16-12-27(6-4-18-57)20-35(36)38/h2,7,11-12,15-17,20-22,29,31,40-41,47,51,53,57-58,60,63H,3-4,6,8-10,13-14,18,23-26H2,1H3/p+1. The van der Waals surface area contributed by atoms with E-state index in [-0.39, 0.29) is 72.9 Å². The van der Waals surface area contributed by atoms with Crippen LogP contribution in [0, 0.1) is 24.4 Å². The first kappa shape index (κ1) is 43.1. The van der Waals surface area contributed by atoms with E-state index in [9.17, 15) is 30.3 Å². The maximum absolute atomic E-state index is 15.3. The van der Waals surface area contributed by atoms with Crippen molar-refractivity contribution < 1.29 is 58.8 Å². The Hall–Kier alpha value is -6.18. The molecule has 5 N–H and O–H groups in total.